The van der Waals surface area contributed by atoms with Crippen molar-refractivity contribution in [1.29, 1.82) is 0 Å². The first-order valence-electron chi connectivity index (χ1n) is 5.87. The van der Waals surface area contributed by atoms with Crippen LogP contribution in [0.2, 0.25) is 5.02 Å². The predicted molar refractivity (Wildman–Crippen MR) is 73.0 cm³/mol. The molecule has 0 radical (unpaired) electrons. The van der Waals surface area contributed by atoms with E-state index in [1.807, 2.05) is 19.1 Å². The highest BCUT2D eigenvalue weighted by Gasteiger charge is 2.05. The van der Waals surface area contributed by atoms with E-state index in [0.29, 0.717) is 30.2 Å². The number of hydrogen-bond acceptors (Lipinski definition) is 3. The average Bonchev–Trinajstić information content (AvgIpc) is 2.34. The van der Waals surface area contributed by atoms with E-state index < -0.39 is 0 Å². The standard InChI is InChI=1S/C13H19ClN2O2/c1-9(15)8-16-13(17)6-4-10-3-5-12(18-2)11(14)7-10/h3,5,7,9H,4,6,8,15H2,1-2H3,(H,16,17). The maximum atomic E-state index is 11.5. The minimum Gasteiger partial charge on any atom is -0.495 e. The molecule has 0 saturated carbocycles. The summed E-state index contributed by atoms with van der Waals surface area (Å²) < 4.78 is 5.07. The highest BCUT2D eigenvalue weighted by Crippen LogP contribution is 2.25. The molecule has 1 aromatic rings. The van der Waals surface area contributed by atoms with Gasteiger partial charge in [-0.3, -0.25) is 4.79 Å². The Morgan fingerprint density at radius 1 is 1.56 bits per heavy atom. The van der Waals surface area contributed by atoms with Crippen molar-refractivity contribution in [3.63, 3.8) is 0 Å². The lowest BCUT2D eigenvalue weighted by atomic mass is 10.1. The van der Waals surface area contributed by atoms with Crippen molar-refractivity contribution in [1.82, 2.24) is 5.32 Å². The molecule has 0 bridgehead atoms. The van der Waals surface area contributed by atoms with Gasteiger partial charge in [-0.15, -0.1) is 0 Å². The molecule has 4 nitrogen and oxygen atoms in total. The molecule has 0 aliphatic carbocycles. The first-order chi connectivity index (χ1) is 8.52. The number of amides is 1. The second-order valence-corrected chi connectivity index (χ2v) is 4.66. The molecule has 1 atom stereocenters. The fraction of sp³-hybridized carbons (Fsp3) is 0.462. The first-order valence-corrected chi connectivity index (χ1v) is 6.25. The zero-order valence-electron chi connectivity index (χ0n) is 10.7. The third-order valence-electron chi connectivity index (χ3n) is 2.48. The van der Waals surface area contributed by atoms with Crippen LogP contribution in [0.1, 0.15) is 18.9 Å². The molecule has 0 aromatic heterocycles. The Bertz CT molecular complexity index is 408. The molecule has 3 N–H and O–H groups in total. The van der Waals surface area contributed by atoms with Crippen LogP contribution < -0.4 is 15.8 Å². The molecule has 1 unspecified atom stereocenters. The van der Waals surface area contributed by atoms with Gasteiger partial charge in [-0.2, -0.15) is 0 Å². The van der Waals surface area contributed by atoms with E-state index >= 15 is 0 Å². The molecule has 100 valence electrons. The highest BCUT2D eigenvalue weighted by atomic mass is 35.5. The molecule has 18 heavy (non-hydrogen) atoms. The average molecular weight is 271 g/mol. The first kappa shape index (κ1) is 14.8. The van der Waals surface area contributed by atoms with Crippen molar-refractivity contribution in [2.75, 3.05) is 13.7 Å². The SMILES string of the molecule is COc1ccc(CCC(=O)NCC(C)N)cc1Cl. The number of benzene rings is 1. The Morgan fingerprint density at radius 2 is 2.28 bits per heavy atom. The van der Waals surface area contributed by atoms with E-state index in [4.69, 9.17) is 22.1 Å². The Kier molecular flexibility index (Phi) is 5.95. The van der Waals surface area contributed by atoms with E-state index in [9.17, 15) is 4.79 Å². The van der Waals surface area contributed by atoms with E-state index in [2.05, 4.69) is 5.32 Å². The van der Waals surface area contributed by atoms with Crippen LogP contribution in [-0.2, 0) is 11.2 Å². The number of ether oxygens (including phenoxy) is 1. The van der Waals surface area contributed by atoms with Crippen LogP contribution in [0.3, 0.4) is 0 Å². The monoisotopic (exact) mass is 270 g/mol. The fourth-order valence-corrected chi connectivity index (χ4v) is 1.77. The molecule has 0 aliphatic heterocycles. The van der Waals surface area contributed by atoms with Crippen molar-refractivity contribution >= 4 is 17.5 Å². The van der Waals surface area contributed by atoms with Crippen LogP contribution in [0.5, 0.6) is 5.75 Å². The predicted octanol–water partition coefficient (Wildman–Crippen LogP) is 1.74. The minimum absolute atomic E-state index is 0.000703. The molecule has 0 aliphatic rings. The van der Waals surface area contributed by atoms with Crippen LogP contribution in [0.25, 0.3) is 0 Å². The van der Waals surface area contributed by atoms with Gasteiger partial charge in [0.1, 0.15) is 5.75 Å². The van der Waals surface area contributed by atoms with Gasteiger partial charge in [-0.1, -0.05) is 17.7 Å². The van der Waals surface area contributed by atoms with E-state index in [1.54, 1.807) is 13.2 Å². The summed E-state index contributed by atoms with van der Waals surface area (Å²) in [5.74, 6) is 0.640. The van der Waals surface area contributed by atoms with Gasteiger partial charge in [0.2, 0.25) is 5.91 Å². The number of halogens is 1. The second kappa shape index (κ2) is 7.24. The number of methoxy groups -OCH3 is 1. The number of nitrogens with two attached hydrogens (primary N) is 1. The van der Waals surface area contributed by atoms with Gasteiger partial charge in [0, 0.05) is 19.0 Å². The van der Waals surface area contributed by atoms with E-state index in [0.717, 1.165) is 5.56 Å². The summed E-state index contributed by atoms with van der Waals surface area (Å²) in [4.78, 5) is 11.5. The van der Waals surface area contributed by atoms with Crippen LogP contribution in [-0.4, -0.2) is 25.6 Å². The maximum absolute atomic E-state index is 11.5. The van der Waals surface area contributed by atoms with Gasteiger partial charge in [-0.25, -0.2) is 0 Å². The Morgan fingerprint density at radius 3 is 2.83 bits per heavy atom. The zero-order chi connectivity index (χ0) is 13.5. The molecular formula is C13H19ClN2O2. The van der Waals surface area contributed by atoms with Crippen molar-refractivity contribution < 1.29 is 9.53 Å². The molecule has 1 amide bonds. The Labute approximate surface area is 112 Å². The number of carbonyl (C=O) groups is 1. The second-order valence-electron chi connectivity index (χ2n) is 4.25. The lowest BCUT2D eigenvalue weighted by molar-refractivity contribution is -0.121. The zero-order valence-corrected chi connectivity index (χ0v) is 11.5. The lowest BCUT2D eigenvalue weighted by Crippen LogP contribution is -2.35. The summed E-state index contributed by atoms with van der Waals surface area (Å²) in [7, 11) is 1.57. The van der Waals surface area contributed by atoms with Crippen molar-refractivity contribution in [2.24, 2.45) is 5.73 Å². The quantitative estimate of drug-likeness (QED) is 0.828. The number of hydrogen-bond donors (Lipinski definition) is 2. The lowest BCUT2D eigenvalue weighted by Gasteiger charge is -2.08. The molecular weight excluding hydrogens is 252 g/mol. The van der Waals surface area contributed by atoms with Gasteiger partial charge in [0.25, 0.3) is 0 Å². The summed E-state index contributed by atoms with van der Waals surface area (Å²) in [6.07, 6.45) is 1.07. The van der Waals surface area contributed by atoms with Gasteiger partial charge >= 0.3 is 0 Å². The fourth-order valence-electron chi connectivity index (χ4n) is 1.49. The normalized spacial score (nSPS) is 12.0. The summed E-state index contributed by atoms with van der Waals surface area (Å²) in [6.45, 7) is 2.35. The van der Waals surface area contributed by atoms with E-state index in [1.165, 1.54) is 0 Å². The summed E-state index contributed by atoms with van der Waals surface area (Å²) in [6, 6.07) is 5.50. The summed E-state index contributed by atoms with van der Waals surface area (Å²) in [5.41, 5.74) is 6.56. The summed E-state index contributed by atoms with van der Waals surface area (Å²) in [5, 5.41) is 3.33. The van der Waals surface area contributed by atoms with Crippen LogP contribution >= 0.6 is 11.6 Å². The molecule has 5 heteroatoms. The molecule has 0 saturated heterocycles. The third kappa shape index (κ3) is 4.94. The smallest absolute Gasteiger partial charge is 0.220 e. The highest BCUT2D eigenvalue weighted by molar-refractivity contribution is 6.32. The Balaban J connectivity index is 2.43. The third-order valence-corrected chi connectivity index (χ3v) is 2.77. The topological polar surface area (TPSA) is 64.3 Å². The molecule has 1 aromatic carbocycles. The number of aryl methyl sites for hydroxylation is 1. The number of carbonyl (C=O) groups excluding carboxylic acids is 1. The van der Waals surface area contributed by atoms with Crippen LogP contribution in [0.15, 0.2) is 18.2 Å². The summed E-state index contributed by atoms with van der Waals surface area (Å²) >= 11 is 6.01. The van der Waals surface area contributed by atoms with Crippen LogP contribution in [0, 0.1) is 0 Å². The van der Waals surface area contributed by atoms with Crippen LogP contribution in [0.4, 0.5) is 0 Å². The van der Waals surface area contributed by atoms with Crippen molar-refractivity contribution in [3.8, 4) is 5.75 Å². The molecule has 0 heterocycles. The Hall–Kier alpha value is -1.26. The van der Waals surface area contributed by atoms with Gasteiger partial charge in [0.05, 0.1) is 12.1 Å². The minimum atomic E-state index is -0.0237. The van der Waals surface area contributed by atoms with Gasteiger partial charge in [0.15, 0.2) is 0 Å². The molecule has 1 rings (SSSR count). The van der Waals surface area contributed by atoms with Crippen molar-refractivity contribution in [2.45, 2.75) is 25.8 Å². The van der Waals surface area contributed by atoms with Crippen molar-refractivity contribution in [3.05, 3.63) is 28.8 Å². The van der Waals surface area contributed by atoms with E-state index in [-0.39, 0.29) is 11.9 Å². The maximum Gasteiger partial charge on any atom is 0.220 e. The number of nitrogens with one attached hydrogen (secondary N) is 1. The van der Waals surface area contributed by atoms with Gasteiger partial charge < -0.3 is 15.8 Å². The van der Waals surface area contributed by atoms with Gasteiger partial charge in [-0.05, 0) is 31.0 Å². The molecule has 0 spiro atoms. The largest absolute Gasteiger partial charge is 0.495 e. The number of rotatable bonds is 6. The molecule has 0 fully saturated rings.